The van der Waals surface area contributed by atoms with E-state index in [1.807, 2.05) is 57.2 Å². The van der Waals surface area contributed by atoms with Crippen LogP contribution in [0.25, 0.3) is 0 Å². The van der Waals surface area contributed by atoms with E-state index in [0.717, 1.165) is 37.9 Å². The zero-order chi connectivity index (χ0) is 25.5. The molecule has 1 aromatic carbocycles. The minimum absolute atomic E-state index is 0.0200. The van der Waals surface area contributed by atoms with E-state index in [9.17, 15) is 9.59 Å². The van der Waals surface area contributed by atoms with Crippen molar-refractivity contribution in [2.75, 3.05) is 33.7 Å². The third kappa shape index (κ3) is 7.66. The highest BCUT2D eigenvalue weighted by Crippen LogP contribution is 2.29. The second-order valence-electron chi connectivity index (χ2n) is 10.8. The molecular formula is C27H44ClN5O2. The summed E-state index contributed by atoms with van der Waals surface area (Å²) in [5.41, 5.74) is 10.7. The number of amides is 2. The average molecular weight is 506 g/mol. The first-order valence-electron chi connectivity index (χ1n) is 13.2. The van der Waals surface area contributed by atoms with E-state index in [4.69, 9.17) is 17.3 Å². The van der Waals surface area contributed by atoms with Gasteiger partial charge in [0.05, 0.1) is 5.92 Å². The van der Waals surface area contributed by atoms with Crippen LogP contribution in [0.1, 0.15) is 70.4 Å². The molecule has 3 rings (SSSR count). The molecule has 7 nitrogen and oxygen atoms in total. The number of hydrogen-bond donors (Lipinski definition) is 2. The van der Waals surface area contributed by atoms with Crippen LogP contribution < -0.4 is 11.2 Å². The molecule has 3 atom stereocenters. The fourth-order valence-corrected chi connectivity index (χ4v) is 5.54. The lowest BCUT2D eigenvalue weighted by molar-refractivity contribution is -0.140. The monoisotopic (exact) mass is 505 g/mol. The van der Waals surface area contributed by atoms with Crippen LogP contribution in [-0.2, 0) is 9.59 Å². The number of carbonyl (C=O) groups is 2. The molecule has 1 aliphatic heterocycles. The maximum absolute atomic E-state index is 13.5. The third-order valence-corrected chi connectivity index (χ3v) is 7.71. The summed E-state index contributed by atoms with van der Waals surface area (Å²) in [6, 6.07) is 7.46. The molecule has 2 aliphatic rings. The van der Waals surface area contributed by atoms with Gasteiger partial charge < -0.3 is 15.5 Å². The molecule has 3 unspecified atom stereocenters. The SMILES string of the molecule is CC(C)C(=O)N(C1CCCCC1)C1CCN(NC(=O)C(CCN(C)C)C(N)c2ccc(Cl)cc2)C1. The number of nitrogens with one attached hydrogen (secondary N) is 1. The van der Waals surface area contributed by atoms with Gasteiger partial charge in [-0.15, -0.1) is 0 Å². The summed E-state index contributed by atoms with van der Waals surface area (Å²) in [4.78, 5) is 30.9. The maximum atomic E-state index is 13.5. The normalized spacial score (nSPS) is 21.3. The third-order valence-electron chi connectivity index (χ3n) is 7.45. The van der Waals surface area contributed by atoms with Crippen molar-refractivity contribution in [1.82, 2.24) is 20.2 Å². The first-order valence-corrected chi connectivity index (χ1v) is 13.6. The smallest absolute Gasteiger partial charge is 0.239 e. The van der Waals surface area contributed by atoms with Gasteiger partial charge in [0.15, 0.2) is 0 Å². The summed E-state index contributed by atoms with van der Waals surface area (Å²) in [5, 5.41) is 2.64. The lowest BCUT2D eigenvalue weighted by atomic mass is 9.90. The largest absolute Gasteiger partial charge is 0.335 e. The number of rotatable bonds is 10. The van der Waals surface area contributed by atoms with Crippen molar-refractivity contribution in [2.24, 2.45) is 17.6 Å². The Bertz CT molecular complexity index is 825. The Hall–Kier alpha value is -1.67. The van der Waals surface area contributed by atoms with Crippen LogP contribution >= 0.6 is 11.6 Å². The Morgan fingerprint density at radius 1 is 1.09 bits per heavy atom. The summed E-state index contributed by atoms with van der Waals surface area (Å²) >= 11 is 6.05. The Labute approximate surface area is 216 Å². The number of benzene rings is 1. The number of halogens is 1. The summed E-state index contributed by atoms with van der Waals surface area (Å²) in [6.07, 6.45) is 7.34. The van der Waals surface area contributed by atoms with Gasteiger partial charge >= 0.3 is 0 Å². The molecular weight excluding hydrogens is 462 g/mol. The number of hydrogen-bond acceptors (Lipinski definition) is 5. The van der Waals surface area contributed by atoms with Gasteiger partial charge in [0, 0.05) is 42.2 Å². The first kappa shape index (κ1) is 27.9. The van der Waals surface area contributed by atoms with Crippen molar-refractivity contribution < 1.29 is 9.59 Å². The van der Waals surface area contributed by atoms with E-state index in [0.29, 0.717) is 24.0 Å². The fraction of sp³-hybridized carbons (Fsp3) is 0.704. The maximum Gasteiger partial charge on any atom is 0.239 e. The van der Waals surface area contributed by atoms with Gasteiger partial charge in [0.1, 0.15) is 0 Å². The van der Waals surface area contributed by atoms with Crippen LogP contribution in [0.2, 0.25) is 5.02 Å². The highest BCUT2D eigenvalue weighted by Gasteiger charge is 2.38. The van der Waals surface area contributed by atoms with E-state index in [2.05, 4.69) is 15.2 Å². The molecule has 0 bridgehead atoms. The highest BCUT2D eigenvalue weighted by atomic mass is 35.5. The van der Waals surface area contributed by atoms with E-state index >= 15 is 0 Å². The molecule has 35 heavy (non-hydrogen) atoms. The molecule has 0 radical (unpaired) electrons. The standard InChI is InChI=1S/C27H44ClN5O2/c1-19(2)27(35)33(22-8-6-5-7-9-22)23-14-17-32(18-23)30-26(34)24(15-16-31(3)4)25(29)20-10-12-21(28)13-11-20/h10-13,19,22-25H,5-9,14-18,29H2,1-4H3,(H,30,34). The lowest BCUT2D eigenvalue weighted by Crippen LogP contribution is -2.52. The average Bonchev–Trinajstić information content (AvgIpc) is 3.27. The van der Waals surface area contributed by atoms with Gasteiger partial charge in [-0.2, -0.15) is 0 Å². The topological polar surface area (TPSA) is 81.9 Å². The van der Waals surface area contributed by atoms with Crippen molar-refractivity contribution in [3.05, 3.63) is 34.9 Å². The van der Waals surface area contributed by atoms with Crippen LogP contribution in [0, 0.1) is 11.8 Å². The zero-order valence-electron chi connectivity index (χ0n) is 21.9. The second-order valence-corrected chi connectivity index (χ2v) is 11.3. The van der Waals surface area contributed by atoms with Crippen LogP contribution in [0.15, 0.2) is 24.3 Å². The molecule has 1 aliphatic carbocycles. The van der Waals surface area contributed by atoms with Gasteiger partial charge in [-0.25, -0.2) is 5.01 Å². The van der Waals surface area contributed by atoms with E-state index in [-0.39, 0.29) is 29.7 Å². The van der Waals surface area contributed by atoms with Gasteiger partial charge in [-0.3, -0.25) is 15.0 Å². The molecule has 8 heteroatoms. The first-order chi connectivity index (χ1) is 16.7. The fourth-order valence-electron chi connectivity index (χ4n) is 5.41. The van der Waals surface area contributed by atoms with Crippen LogP contribution in [-0.4, -0.2) is 72.4 Å². The minimum Gasteiger partial charge on any atom is -0.335 e. The Morgan fingerprint density at radius 2 is 1.74 bits per heavy atom. The number of carbonyl (C=O) groups excluding carboxylic acids is 2. The zero-order valence-corrected chi connectivity index (χ0v) is 22.6. The molecule has 2 amide bonds. The highest BCUT2D eigenvalue weighted by molar-refractivity contribution is 6.30. The Kier molecular flexibility index (Phi) is 10.4. The van der Waals surface area contributed by atoms with Crippen molar-refractivity contribution in [2.45, 2.75) is 76.9 Å². The Balaban J connectivity index is 1.68. The predicted octanol–water partition coefficient (Wildman–Crippen LogP) is 3.83. The molecule has 2 fully saturated rings. The molecule has 1 saturated carbocycles. The molecule has 196 valence electrons. The second kappa shape index (κ2) is 13.0. The molecule has 1 heterocycles. The van der Waals surface area contributed by atoms with Crippen molar-refractivity contribution in [1.29, 1.82) is 0 Å². The van der Waals surface area contributed by atoms with Crippen LogP contribution in [0.5, 0.6) is 0 Å². The number of nitrogens with zero attached hydrogens (tertiary/aromatic N) is 3. The van der Waals surface area contributed by atoms with E-state index in [1.54, 1.807) is 0 Å². The van der Waals surface area contributed by atoms with Crippen molar-refractivity contribution in [3.8, 4) is 0 Å². The van der Waals surface area contributed by atoms with Gasteiger partial charge in [-0.1, -0.05) is 56.8 Å². The van der Waals surface area contributed by atoms with Crippen molar-refractivity contribution in [3.63, 3.8) is 0 Å². The molecule has 1 saturated heterocycles. The quantitative estimate of drug-likeness (QED) is 0.505. The van der Waals surface area contributed by atoms with Gasteiger partial charge in [0.2, 0.25) is 11.8 Å². The lowest BCUT2D eigenvalue weighted by Gasteiger charge is -2.39. The van der Waals surface area contributed by atoms with Gasteiger partial charge in [-0.05, 0) is 64.0 Å². The number of hydrazine groups is 1. The summed E-state index contributed by atoms with van der Waals surface area (Å²) < 4.78 is 0. The van der Waals surface area contributed by atoms with E-state index < -0.39 is 6.04 Å². The number of nitrogens with two attached hydrogens (primary N) is 1. The molecule has 0 aromatic heterocycles. The van der Waals surface area contributed by atoms with Crippen LogP contribution in [0.3, 0.4) is 0 Å². The predicted molar refractivity (Wildman–Crippen MR) is 142 cm³/mol. The molecule has 0 spiro atoms. The van der Waals surface area contributed by atoms with Crippen molar-refractivity contribution >= 4 is 23.4 Å². The van der Waals surface area contributed by atoms with E-state index in [1.165, 1.54) is 19.3 Å². The van der Waals surface area contributed by atoms with Crippen LogP contribution in [0.4, 0.5) is 0 Å². The Morgan fingerprint density at radius 3 is 2.34 bits per heavy atom. The summed E-state index contributed by atoms with van der Waals surface area (Å²) in [7, 11) is 4.00. The summed E-state index contributed by atoms with van der Waals surface area (Å²) in [5.74, 6) is -0.212. The minimum atomic E-state index is -0.424. The molecule has 1 aromatic rings. The van der Waals surface area contributed by atoms with Gasteiger partial charge in [0.25, 0.3) is 0 Å². The molecule has 3 N–H and O–H groups in total. The summed E-state index contributed by atoms with van der Waals surface area (Å²) in [6.45, 7) is 6.14.